The molecule has 5 nitrogen and oxygen atoms in total. The molecule has 1 N–H and O–H groups in total. The zero-order valence-electron chi connectivity index (χ0n) is 13.8. The number of rotatable bonds is 7. The molecule has 0 radical (unpaired) electrons. The molecular formula is C18H21NO4S. The summed E-state index contributed by atoms with van der Waals surface area (Å²) in [5.74, 6) is -0.304. The van der Waals surface area contributed by atoms with Gasteiger partial charge in [-0.25, -0.2) is 8.42 Å². The quantitative estimate of drug-likeness (QED) is 0.781. The Labute approximate surface area is 142 Å². The van der Waals surface area contributed by atoms with Gasteiger partial charge in [0.2, 0.25) is 0 Å². The van der Waals surface area contributed by atoms with Crippen molar-refractivity contribution in [3.63, 3.8) is 0 Å². The molecule has 0 fully saturated rings. The van der Waals surface area contributed by atoms with Gasteiger partial charge in [-0.2, -0.15) is 0 Å². The molecular weight excluding hydrogens is 326 g/mol. The lowest BCUT2D eigenvalue weighted by Gasteiger charge is -2.07. The molecule has 6 heteroatoms. The zero-order chi connectivity index (χ0) is 17.6. The highest BCUT2D eigenvalue weighted by Gasteiger charge is 2.15. The summed E-state index contributed by atoms with van der Waals surface area (Å²) in [7, 11) is -1.83. The van der Waals surface area contributed by atoms with Crippen LogP contribution in [0.2, 0.25) is 0 Å². The Morgan fingerprint density at radius 1 is 1.04 bits per heavy atom. The molecule has 2 aromatic rings. The van der Waals surface area contributed by atoms with Crippen LogP contribution in [0.3, 0.4) is 0 Å². The topological polar surface area (TPSA) is 72.5 Å². The summed E-state index contributed by atoms with van der Waals surface area (Å²) in [6.07, 6.45) is 0. The molecule has 0 heterocycles. The maximum Gasteiger partial charge on any atom is 0.251 e. The van der Waals surface area contributed by atoms with E-state index in [1.165, 1.54) is 0 Å². The van der Waals surface area contributed by atoms with Crippen LogP contribution in [-0.2, 0) is 20.3 Å². The van der Waals surface area contributed by atoms with Gasteiger partial charge in [0.1, 0.15) is 0 Å². The van der Waals surface area contributed by atoms with Crippen LogP contribution in [0.5, 0.6) is 0 Å². The van der Waals surface area contributed by atoms with Crippen molar-refractivity contribution in [1.29, 1.82) is 0 Å². The smallest absolute Gasteiger partial charge is 0.251 e. The molecule has 0 saturated heterocycles. The van der Waals surface area contributed by atoms with Crippen LogP contribution in [-0.4, -0.2) is 34.6 Å². The first-order valence-electron chi connectivity index (χ1n) is 7.58. The van der Waals surface area contributed by atoms with Crippen LogP contribution in [0.4, 0.5) is 0 Å². The number of ether oxygens (including phenoxy) is 1. The summed E-state index contributed by atoms with van der Waals surface area (Å²) in [5.41, 5.74) is 2.14. The van der Waals surface area contributed by atoms with Crippen LogP contribution in [0.1, 0.15) is 21.5 Å². The summed E-state index contributed by atoms with van der Waals surface area (Å²) < 4.78 is 29.7. The van der Waals surface area contributed by atoms with E-state index in [0.29, 0.717) is 29.2 Å². The van der Waals surface area contributed by atoms with Gasteiger partial charge in [-0.15, -0.1) is 0 Å². The predicted octanol–water partition coefficient (Wildman–Crippen LogP) is 2.35. The highest BCUT2D eigenvalue weighted by molar-refractivity contribution is 7.90. The van der Waals surface area contributed by atoms with E-state index in [-0.39, 0.29) is 11.7 Å². The van der Waals surface area contributed by atoms with E-state index in [2.05, 4.69) is 5.32 Å². The second kappa shape index (κ2) is 8.08. The Kier molecular flexibility index (Phi) is 6.11. The Morgan fingerprint density at radius 2 is 1.67 bits per heavy atom. The van der Waals surface area contributed by atoms with Gasteiger partial charge >= 0.3 is 0 Å². The van der Waals surface area contributed by atoms with Crippen LogP contribution in [0.15, 0.2) is 53.4 Å². The van der Waals surface area contributed by atoms with Crippen molar-refractivity contribution in [3.8, 4) is 0 Å². The first-order chi connectivity index (χ1) is 11.4. The summed E-state index contributed by atoms with van der Waals surface area (Å²) in [6, 6.07) is 13.4. The molecule has 0 aromatic heterocycles. The Balaban J connectivity index is 2.05. The Hall–Kier alpha value is -2.18. The number of carbonyl (C=O) groups excluding carboxylic acids is 1. The lowest BCUT2D eigenvalue weighted by Crippen LogP contribution is -2.26. The average molecular weight is 347 g/mol. The fourth-order valence-electron chi connectivity index (χ4n) is 2.17. The first-order valence-corrected chi connectivity index (χ1v) is 9.23. The molecule has 2 aromatic carbocycles. The largest absolute Gasteiger partial charge is 0.383 e. The number of methoxy groups -OCH3 is 1. The molecule has 1 amide bonds. The van der Waals surface area contributed by atoms with Crippen molar-refractivity contribution in [2.75, 3.05) is 20.3 Å². The van der Waals surface area contributed by atoms with Gasteiger partial charge in [0.05, 0.1) is 17.3 Å². The molecule has 0 saturated carbocycles. The third-order valence-electron chi connectivity index (χ3n) is 3.54. The Bertz CT molecular complexity index is 781. The molecule has 128 valence electrons. The van der Waals surface area contributed by atoms with Crippen LogP contribution < -0.4 is 5.32 Å². The van der Waals surface area contributed by atoms with Crippen molar-refractivity contribution >= 4 is 15.7 Å². The van der Waals surface area contributed by atoms with E-state index in [4.69, 9.17) is 4.74 Å². The Morgan fingerprint density at radius 3 is 2.25 bits per heavy atom. The minimum absolute atomic E-state index is 0.0956. The molecule has 0 aliphatic heterocycles. The normalized spacial score (nSPS) is 11.2. The van der Waals surface area contributed by atoms with Crippen molar-refractivity contribution in [2.45, 2.75) is 17.6 Å². The molecule has 2 rings (SSSR count). The third-order valence-corrected chi connectivity index (χ3v) is 5.25. The van der Waals surface area contributed by atoms with Gasteiger partial charge in [-0.05, 0) is 36.8 Å². The first kappa shape index (κ1) is 18.2. The number of hydrogen-bond acceptors (Lipinski definition) is 4. The molecule has 0 atom stereocenters. The highest BCUT2D eigenvalue weighted by Crippen LogP contribution is 2.17. The minimum Gasteiger partial charge on any atom is -0.383 e. The number of sulfone groups is 1. The van der Waals surface area contributed by atoms with Gasteiger partial charge in [-0.1, -0.05) is 29.8 Å². The summed E-state index contributed by atoms with van der Waals surface area (Å²) in [4.78, 5) is 12.2. The number of hydrogen-bond donors (Lipinski definition) is 1. The molecule has 24 heavy (non-hydrogen) atoms. The molecule has 0 unspecified atom stereocenters. The van der Waals surface area contributed by atoms with E-state index in [1.54, 1.807) is 55.6 Å². The number of aryl methyl sites for hydroxylation is 1. The fraction of sp³-hybridized carbons (Fsp3) is 0.278. The van der Waals surface area contributed by atoms with Gasteiger partial charge in [0.15, 0.2) is 9.84 Å². The van der Waals surface area contributed by atoms with E-state index >= 15 is 0 Å². The fourth-order valence-corrected chi connectivity index (χ4v) is 3.52. The lowest BCUT2D eigenvalue weighted by atomic mass is 10.1. The minimum atomic E-state index is -3.40. The summed E-state index contributed by atoms with van der Waals surface area (Å²) in [6.45, 7) is 2.78. The maximum absolute atomic E-state index is 12.4. The number of amides is 1. The van der Waals surface area contributed by atoms with E-state index in [9.17, 15) is 13.2 Å². The third kappa shape index (κ3) is 4.91. The standard InChI is InChI=1S/C18H21NO4S/c1-14-3-9-17(10-4-14)24(21,22)13-15-5-7-16(8-6-15)18(20)19-11-12-23-2/h3-10H,11-13H2,1-2H3,(H,19,20). The van der Waals surface area contributed by atoms with Crippen molar-refractivity contribution in [1.82, 2.24) is 5.32 Å². The van der Waals surface area contributed by atoms with Gasteiger partial charge in [0, 0.05) is 19.2 Å². The summed E-state index contributed by atoms with van der Waals surface area (Å²) >= 11 is 0. The van der Waals surface area contributed by atoms with Crippen LogP contribution in [0, 0.1) is 6.92 Å². The van der Waals surface area contributed by atoms with Gasteiger partial charge in [-0.3, -0.25) is 4.79 Å². The number of carbonyl (C=O) groups is 1. The monoisotopic (exact) mass is 347 g/mol. The zero-order valence-corrected chi connectivity index (χ0v) is 14.6. The maximum atomic E-state index is 12.4. The van der Waals surface area contributed by atoms with Gasteiger partial charge in [0.25, 0.3) is 5.91 Å². The van der Waals surface area contributed by atoms with Gasteiger partial charge < -0.3 is 10.1 Å². The van der Waals surface area contributed by atoms with E-state index in [0.717, 1.165) is 5.56 Å². The lowest BCUT2D eigenvalue weighted by molar-refractivity contribution is 0.0937. The SMILES string of the molecule is COCCNC(=O)c1ccc(CS(=O)(=O)c2ccc(C)cc2)cc1. The highest BCUT2D eigenvalue weighted by atomic mass is 32.2. The molecule has 0 aliphatic rings. The average Bonchev–Trinajstić information content (AvgIpc) is 2.55. The van der Waals surface area contributed by atoms with Crippen molar-refractivity contribution in [3.05, 3.63) is 65.2 Å². The van der Waals surface area contributed by atoms with Crippen LogP contribution >= 0.6 is 0 Å². The van der Waals surface area contributed by atoms with Crippen molar-refractivity contribution in [2.24, 2.45) is 0 Å². The predicted molar refractivity (Wildman–Crippen MR) is 92.7 cm³/mol. The number of nitrogens with one attached hydrogen (secondary N) is 1. The second-order valence-electron chi connectivity index (χ2n) is 5.52. The van der Waals surface area contributed by atoms with Crippen LogP contribution in [0.25, 0.3) is 0 Å². The number of benzene rings is 2. The van der Waals surface area contributed by atoms with E-state index in [1.807, 2.05) is 6.92 Å². The second-order valence-corrected chi connectivity index (χ2v) is 7.51. The summed E-state index contributed by atoms with van der Waals surface area (Å²) in [5, 5.41) is 2.72. The van der Waals surface area contributed by atoms with Crippen molar-refractivity contribution < 1.29 is 17.9 Å². The molecule has 0 bridgehead atoms. The van der Waals surface area contributed by atoms with E-state index < -0.39 is 9.84 Å². The molecule has 0 spiro atoms. The molecule has 0 aliphatic carbocycles.